The Kier molecular flexibility index (Phi) is 12.1. The summed E-state index contributed by atoms with van der Waals surface area (Å²) in [7, 11) is 0. The zero-order chi connectivity index (χ0) is 21.7. The molecule has 12 nitrogen and oxygen atoms in total. The smallest absolute Gasteiger partial charge is 0.325 e. The second-order valence-corrected chi connectivity index (χ2v) is 6.23. The summed E-state index contributed by atoms with van der Waals surface area (Å²) in [5.41, 5.74) is 11.1. The number of unbranched alkanes of at least 4 members (excludes halogenated alkanes) is 1. The van der Waals surface area contributed by atoms with Crippen LogP contribution >= 0.6 is 0 Å². The molecule has 0 heterocycles. The molecule has 3 amide bonds. The molecule has 9 N–H and O–H groups in total. The van der Waals surface area contributed by atoms with E-state index in [1.54, 1.807) is 0 Å². The Morgan fingerprint density at radius 2 is 1.61 bits per heavy atom. The van der Waals surface area contributed by atoms with Gasteiger partial charge < -0.3 is 37.6 Å². The van der Waals surface area contributed by atoms with Gasteiger partial charge in [-0.05, 0) is 32.7 Å². The van der Waals surface area contributed by atoms with Gasteiger partial charge in [0.05, 0.1) is 12.6 Å². The summed E-state index contributed by atoms with van der Waals surface area (Å²) in [5, 5.41) is 24.3. The van der Waals surface area contributed by atoms with Crippen molar-refractivity contribution in [2.45, 2.75) is 57.2 Å². The molecule has 3 unspecified atom stereocenters. The van der Waals surface area contributed by atoms with Gasteiger partial charge in [-0.1, -0.05) is 6.42 Å². The average molecular weight is 403 g/mol. The number of carbonyl (C=O) groups excluding carboxylic acids is 3. The predicted octanol–water partition coefficient (Wildman–Crippen LogP) is -2.50. The van der Waals surface area contributed by atoms with Crippen LogP contribution in [0.4, 0.5) is 0 Å². The number of amides is 3. The molecule has 0 aliphatic heterocycles. The van der Waals surface area contributed by atoms with Crippen LogP contribution in [0.2, 0.25) is 0 Å². The fourth-order valence-corrected chi connectivity index (χ4v) is 2.10. The van der Waals surface area contributed by atoms with Crippen LogP contribution in [0, 0.1) is 0 Å². The Bertz CT molecular complexity index is 570. The summed E-state index contributed by atoms with van der Waals surface area (Å²) in [6.07, 6.45) is 1.08. The summed E-state index contributed by atoms with van der Waals surface area (Å²) in [5.74, 6) is -4.54. The third-order valence-electron chi connectivity index (χ3n) is 3.76. The van der Waals surface area contributed by atoms with E-state index in [2.05, 4.69) is 16.0 Å². The van der Waals surface area contributed by atoms with Gasteiger partial charge in [0.1, 0.15) is 12.1 Å². The Hall–Kier alpha value is -2.73. The summed E-state index contributed by atoms with van der Waals surface area (Å²) >= 11 is 0. The lowest BCUT2D eigenvalue weighted by Gasteiger charge is -2.20. The van der Waals surface area contributed by atoms with E-state index in [1.165, 1.54) is 6.92 Å². The number of hydrogen-bond donors (Lipinski definition) is 7. The Labute approximate surface area is 162 Å². The van der Waals surface area contributed by atoms with E-state index in [9.17, 15) is 24.0 Å². The number of carboxylic acid groups (broad SMARTS) is 2. The lowest BCUT2D eigenvalue weighted by atomic mass is 10.1. The molecule has 0 aromatic heterocycles. The van der Waals surface area contributed by atoms with Gasteiger partial charge in [-0.15, -0.1) is 0 Å². The maximum absolute atomic E-state index is 12.2. The summed E-state index contributed by atoms with van der Waals surface area (Å²) in [6, 6.07) is -3.22. The van der Waals surface area contributed by atoms with E-state index in [4.69, 9.17) is 21.7 Å². The maximum atomic E-state index is 12.2. The molecule has 28 heavy (non-hydrogen) atoms. The molecule has 0 aromatic rings. The van der Waals surface area contributed by atoms with E-state index >= 15 is 0 Å². The number of carboxylic acids is 2. The van der Waals surface area contributed by atoms with Crippen LogP contribution in [0.1, 0.15) is 39.0 Å². The van der Waals surface area contributed by atoms with Gasteiger partial charge in [-0.3, -0.25) is 24.0 Å². The maximum Gasteiger partial charge on any atom is 0.325 e. The van der Waals surface area contributed by atoms with Crippen molar-refractivity contribution in [3.8, 4) is 0 Å². The van der Waals surface area contributed by atoms with Crippen molar-refractivity contribution in [3.63, 3.8) is 0 Å². The molecule has 0 aromatic carbocycles. The minimum Gasteiger partial charge on any atom is -0.481 e. The van der Waals surface area contributed by atoms with E-state index in [1.807, 2.05) is 0 Å². The Balaban J connectivity index is 4.73. The quantitative estimate of drug-likeness (QED) is 0.152. The lowest BCUT2D eigenvalue weighted by Crippen LogP contribution is -2.53. The summed E-state index contributed by atoms with van der Waals surface area (Å²) < 4.78 is 0. The number of nitrogens with two attached hydrogens (primary N) is 2. The molecule has 0 saturated heterocycles. The highest BCUT2D eigenvalue weighted by Gasteiger charge is 2.25. The van der Waals surface area contributed by atoms with Crippen molar-refractivity contribution in [1.29, 1.82) is 0 Å². The standard InChI is InChI=1S/C16H29N5O7/c1-9(16(27)28)20-12(22)8-19-15(26)11(5-6-13(23)24)21-14(25)10(18)4-2-3-7-17/h9-11H,2-8,17-18H2,1H3,(H,19,26)(H,20,22)(H,21,25)(H,23,24)(H,27,28). The third-order valence-corrected chi connectivity index (χ3v) is 3.76. The first-order valence-corrected chi connectivity index (χ1v) is 8.86. The SMILES string of the molecule is CC(NC(=O)CNC(=O)C(CCC(=O)O)NC(=O)C(N)CCCCN)C(=O)O. The van der Waals surface area contributed by atoms with Crippen LogP contribution in [0.3, 0.4) is 0 Å². The Morgan fingerprint density at radius 1 is 0.964 bits per heavy atom. The number of nitrogens with one attached hydrogen (secondary N) is 3. The normalized spacial score (nSPS) is 13.7. The highest BCUT2D eigenvalue weighted by molar-refractivity contribution is 5.92. The molecule has 3 atom stereocenters. The highest BCUT2D eigenvalue weighted by Crippen LogP contribution is 2.02. The van der Waals surface area contributed by atoms with Gasteiger partial charge in [-0.25, -0.2) is 0 Å². The second-order valence-electron chi connectivity index (χ2n) is 6.23. The largest absolute Gasteiger partial charge is 0.481 e. The van der Waals surface area contributed by atoms with Crippen LogP contribution < -0.4 is 27.4 Å². The van der Waals surface area contributed by atoms with Crippen LogP contribution in [0.5, 0.6) is 0 Å². The second kappa shape index (κ2) is 13.4. The predicted molar refractivity (Wildman–Crippen MR) is 97.9 cm³/mol. The minimum absolute atomic E-state index is 0.199. The van der Waals surface area contributed by atoms with E-state index in [0.29, 0.717) is 25.8 Å². The summed E-state index contributed by atoms with van der Waals surface area (Å²) in [6.45, 7) is 1.18. The molecule has 0 rings (SSSR count). The molecule has 0 bridgehead atoms. The first-order valence-electron chi connectivity index (χ1n) is 8.86. The topological polar surface area (TPSA) is 214 Å². The molecular formula is C16H29N5O7. The first kappa shape index (κ1) is 25.3. The lowest BCUT2D eigenvalue weighted by molar-refractivity contribution is -0.141. The molecule has 0 aliphatic rings. The van der Waals surface area contributed by atoms with E-state index in [-0.39, 0.29) is 12.8 Å². The minimum atomic E-state index is -1.24. The molecule has 0 radical (unpaired) electrons. The van der Waals surface area contributed by atoms with Crippen molar-refractivity contribution >= 4 is 29.7 Å². The molecule has 0 aliphatic carbocycles. The van der Waals surface area contributed by atoms with Crippen molar-refractivity contribution in [2.24, 2.45) is 11.5 Å². The van der Waals surface area contributed by atoms with Gasteiger partial charge >= 0.3 is 11.9 Å². The zero-order valence-electron chi connectivity index (χ0n) is 15.8. The third kappa shape index (κ3) is 11.1. The van der Waals surface area contributed by atoms with Gasteiger partial charge in [0.15, 0.2) is 0 Å². The molecule has 0 saturated carbocycles. The zero-order valence-corrected chi connectivity index (χ0v) is 15.8. The number of carbonyl (C=O) groups is 5. The summed E-state index contributed by atoms with van der Waals surface area (Å²) in [4.78, 5) is 57.4. The first-order chi connectivity index (χ1) is 13.1. The van der Waals surface area contributed by atoms with Crippen LogP contribution in [0.15, 0.2) is 0 Å². The average Bonchev–Trinajstić information content (AvgIpc) is 2.62. The number of rotatable bonds is 14. The monoisotopic (exact) mass is 403 g/mol. The fraction of sp³-hybridized carbons (Fsp3) is 0.688. The number of hydrogen-bond acceptors (Lipinski definition) is 7. The highest BCUT2D eigenvalue weighted by atomic mass is 16.4. The van der Waals surface area contributed by atoms with E-state index < -0.39 is 54.3 Å². The molecular weight excluding hydrogens is 374 g/mol. The molecule has 12 heteroatoms. The van der Waals surface area contributed by atoms with Gasteiger partial charge in [-0.2, -0.15) is 0 Å². The van der Waals surface area contributed by atoms with E-state index in [0.717, 1.165) is 0 Å². The molecule has 0 spiro atoms. The van der Waals surface area contributed by atoms with Crippen molar-refractivity contribution in [2.75, 3.05) is 13.1 Å². The van der Waals surface area contributed by atoms with Crippen molar-refractivity contribution < 1.29 is 34.2 Å². The fourth-order valence-electron chi connectivity index (χ4n) is 2.10. The van der Waals surface area contributed by atoms with Crippen LogP contribution in [-0.4, -0.2) is 71.1 Å². The molecule has 0 fully saturated rings. The van der Waals surface area contributed by atoms with Crippen molar-refractivity contribution in [3.05, 3.63) is 0 Å². The van der Waals surface area contributed by atoms with Crippen LogP contribution in [0.25, 0.3) is 0 Å². The Morgan fingerprint density at radius 3 is 2.14 bits per heavy atom. The van der Waals surface area contributed by atoms with Gasteiger partial charge in [0.2, 0.25) is 17.7 Å². The van der Waals surface area contributed by atoms with Gasteiger partial charge in [0, 0.05) is 6.42 Å². The number of aliphatic carboxylic acids is 2. The van der Waals surface area contributed by atoms with Crippen molar-refractivity contribution in [1.82, 2.24) is 16.0 Å². The van der Waals surface area contributed by atoms with Crippen LogP contribution in [-0.2, 0) is 24.0 Å². The molecule has 160 valence electrons. The van der Waals surface area contributed by atoms with Gasteiger partial charge in [0.25, 0.3) is 0 Å².